The third-order valence-corrected chi connectivity index (χ3v) is 6.19. The minimum absolute atomic E-state index is 0.0171. The molecule has 3 aromatic rings. The second-order valence-corrected chi connectivity index (χ2v) is 9.02. The first-order valence-electron chi connectivity index (χ1n) is 10.6. The van der Waals surface area contributed by atoms with Crippen molar-refractivity contribution in [2.45, 2.75) is 18.7 Å². The average molecular weight is 502 g/mol. The van der Waals surface area contributed by atoms with Gasteiger partial charge in [-0.25, -0.2) is 8.42 Å². The van der Waals surface area contributed by atoms with Crippen LogP contribution in [0.3, 0.4) is 0 Å². The van der Waals surface area contributed by atoms with Crippen molar-refractivity contribution in [2.24, 2.45) is 0 Å². The van der Waals surface area contributed by atoms with Crippen molar-refractivity contribution in [3.63, 3.8) is 0 Å². The van der Waals surface area contributed by atoms with Gasteiger partial charge in [-0.1, -0.05) is 0 Å². The van der Waals surface area contributed by atoms with Gasteiger partial charge in [0.25, 0.3) is 10.0 Å². The van der Waals surface area contributed by atoms with E-state index >= 15 is 0 Å². The topological polar surface area (TPSA) is 97.9 Å². The van der Waals surface area contributed by atoms with E-state index in [4.69, 9.17) is 26.4 Å². The summed E-state index contributed by atoms with van der Waals surface area (Å²) in [7, 11) is -2.50. The van der Waals surface area contributed by atoms with Crippen molar-refractivity contribution in [3.05, 3.63) is 66.7 Å². The van der Waals surface area contributed by atoms with Crippen molar-refractivity contribution in [1.82, 2.24) is 0 Å². The fraction of sp³-hybridized carbons (Fsp3) is 0.208. The molecule has 0 aliphatic carbocycles. The van der Waals surface area contributed by atoms with Crippen LogP contribution in [0.1, 0.15) is 13.8 Å². The molecule has 10 heteroatoms. The molecule has 0 fully saturated rings. The number of sulfonamides is 1. The van der Waals surface area contributed by atoms with Crippen molar-refractivity contribution in [1.29, 1.82) is 0 Å². The van der Waals surface area contributed by atoms with Crippen molar-refractivity contribution < 1.29 is 22.6 Å². The van der Waals surface area contributed by atoms with Crippen molar-refractivity contribution in [3.8, 4) is 17.2 Å². The Kier molecular flexibility index (Phi) is 8.55. The molecule has 3 rings (SSSR count). The third kappa shape index (κ3) is 6.75. The van der Waals surface area contributed by atoms with E-state index in [1.54, 1.807) is 36.4 Å². The maximum Gasteiger partial charge on any atom is 0.264 e. The van der Waals surface area contributed by atoms with Crippen molar-refractivity contribution >= 4 is 44.4 Å². The molecule has 0 atom stereocenters. The second-order valence-electron chi connectivity index (χ2n) is 6.96. The average Bonchev–Trinajstić information content (AvgIpc) is 2.82. The largest absolute Gasteiger partial charge is 0.497 e. The van der Waals surface area contributed by atoms with Crippen LogP contribution in [0.4, 0.5) is 17.1 Å². The third-order valence-electron chi connectivity index (χ3n) is 4.57. The molecule has 0 unspecified atom stereocenters. The summed E-state index contributed by atoms with van der Waals surface area (Å²) in [5, 5.41) is 6.23. The number of hydrogen-bond donors (Lipinski definition) is 3. The lowest BCUT2D eigenvalue weighted by Gasteiger charge is -2.16. The fourth-order valence-electron chi connectivity index (χ4n) is 3.04. The number of anilines is 3. The van der Waals surface area contributed by atoms with Gasteiger partial charge in [0.1, 0.15) is 22.1 Å². The van der Waals surface area contributed by atoms with Crippen LogP contribution >= 0.6 is 12.2 Å². The van der Waals surface area contributed by atoms with Crippen LogP contribution < -0.4 is 29.6 Å². The molecule has 8 nitrogen and oxygen atoms in total. The lowest BCUT2D eigenvalue weighted by molar-refractivity contribution is 0.340. The van der Waals surface area contributed by atoms with Crippen LogP contribution in [-0.2, 0) is 10.0 Å². The summed E-state index contributed by atoms with van der Waals surface area (Å²) in [6, 6.07) is 18.6. The second kappa shape index (κ2) is 11.6. The Hall–Kier alpha value is -3.50. The highest BCUT2D eigenvalue weighted by molar-refractivity contribution is 7.93. The number of thiocarbonyl (C=S) groups is 1. The molecule has 0 heterocycles. The summed E-state index contributed by atoms with van der Waals surface area (Å²) >= 11 is 5.40. The molecule has 0 saturated heterocycles. The Morgan fingerprint density at radius 3 is 1.85 bits per heavy atom. The van der Waals surface area contributed by atoms with Gasteiger partial charge < -0.3 is 24.8 Å². The fourth-order valence-corrected chi connectivity index (χ4v) is 4.50. The van der Waals surface area contributed by atoms with Crippen LogP contribution in [0.25, 0.3) is 0 Å². The van der Waals surface area contributed by atoms with Gasteiger partial charge in [-0.3, -0.25) is 4.72 Å². The molecule has 0 aliphatic heterocycles. The minimum atomic E-state index is -3.97. The highest BCUT2D eigenvalue weighted by Crippen LogP contribution is 2.29. The zero-order chi connectivity index (χ0) is 24.6. The predicted octanol–water partition coefficient (Wildman–Crippen LogP) is 5.10. The quantitative estimate of drug-likeness (QED) is 0.330. The molecule has 0 amide bonds. The van der Waals surface area contributed by atoms with E-state index in [0.29, 0.717) is 36.1 Å². The van der Waals surface area contributed by atoms with Crippen LogP contribution in [0.2, 0.25) is 0 Å². The van der Waals surface area contributed by atoms with E-state index < -0.39 is 10.0 Å². The van der Waals surface area contributed by atoms with Gasteiger partial charge in [0.15, 0.2) is 5.11 Å². The first kappa shape index (κ1) is 25.1. The van der Waals surface area contributed by atoms with Crippen LogP contribution in [0, 0.1) is 0 Å². The molecule has 3 N–H and O–H groups in total. The van der Waals surface area contributed by atoms with Crippen LogP contribution in [0.15, 0.2) is 71.6 Å². The van der Waals surface area contributed by atoms with E-state index in [1.165, 1.54) is 13.2 Å². The molecule has 0 aromatic heterocycles. The Bertz CT molecular complexity index is 1210. The molecular weight excluding hydrogens is 474 g/mol. The SMILES string of the molecule is CCOc1ccc(NC(=S)Nc2ccc(OC)cc2S(=O)(=O)Nc2ccc(OCC)cc2)cc1. The molecule has 0 aliphatic rings. The molecular formula is C24H27N3O5S2. The van der Waals surface area contributed by atoms with Crippen molar-refractivity contribution in [2.75, 3.05) is 35.7 Å². The Balaban J connectivity index is 1.79. The van der Waals surface area contributed by atoms with E-state index in [2.05, 4.69) is 15.4 Å². The summed E-state index contributed by atoms with van der Waals surface area (Å²) < 4.78 is 45.1. The van der Waals surface area contributed by atoms with Gasteiger partial charge in [-0.05, 0) is 86.7 Å². The molecule has 3 aromatic carbocycles. The highest BCUT2D eigenvalue weighted by Gasteiger charge is 2.21. The number of hydrogen-bond acceptors (Lipinski definition) is 6. The van der Waals surface area contributed by atoms with Gasteiger partial charge in [-0.2, -0.15) is 0 Å². The van der Waals surface area contributed by atoms with Gasteiger partial charge in [0.2, 0.25) is 0 Å². The Morgan fingerprint density at radius 1 is 0.794 bits per heavy atom. The number of ether oxygens (including phenoxy) is 3. The maximum atomic E-state index is 13.2. The number of nitrogens with one attached hydrogen (secondary N) is 3. The molecule has 0 saturated carbocycles. The van der Waals surface area contributed by atoms with E-state index in [1.807, 2.05) is 38.1 Å². The molecule has 0 bridgehead atoms. The predicted molar refractivity (Wildman–Crippen MR) is 139 cm³/mol. The molecule has 0 spiro atoms. The first-order chi connectivity index (χ1) is 16.3. The maximum absolute atomic E-state index is 13.2. The summed E-state index contributed by atoms with van der Waals surface area (Å²) in [6.07, 6.45) is 0. The number of rotatable bonds is 10. The first-order valence-corrected chi connectivity index (χ1v) is 12.5. The van der Waals surface area contributed by atoms with Gasteiger partial charge in [-0.15, -0.1) is 0 Å². The zero-order valence-electron chi connectivity index (χ0n) is 19.1. The van der Waals surface area contributed by atoms with E-state index in [-0.39, 0.29) is 10.0 Å². The lowest BCUT2D eigenvalue weighted by Crippen LogP contribution is -2.22. The molecule has 34 heavy (non-hydrogen) atoms. The van der Waals surface area contributed by atoms with E-state index in [9.17, 15) is 8.42 Å². The summed E-state index contributed by atoms with van der Waals surface area (Å²) in [5.74, 6) is 1.79. The summed E-state index contributed by atoms with van der Waals surface area (Å²) in [4.78, 5) is -0.0171. The smallest absolute Gasteiger partial charge is 0.264 e. The minimum Gasteiger partial charge on any atom is -0.497 e. The molecule has 0 radical (unpaired) electrons. The summed E-state index contributed by atoms with van der Waals surface area (Å²) in [6.45, 7) is 4.89. The van der Waals surface area contributed by atoms with Crippen LogP contribution in [0.5, 0.6) is 17.2 Å². The highest BCUT2D eigenvalue weighted by atomic mass is 32.2. The van der Waals surface area contributed by atoms with Gasteiger partial charge in [0.05, 0.1) is 26.0 Å². The number of methoxy groups -OCH3 is 1. The number of benzene rings is 3. The standard InChI is InChI=1S/C24H27N3O5S2/c1-4-31-19-10-6-17(7-11-19)25-24(33)26-22-15-14-21(30-3)16-23(22)34(28,29)27-18-8-12-20(13-9-18)32-5-2/h6-16,27H,4-5H2,1-3H3,(H2,25,26,33). The van der Waals surface area contributed by atoms with Gasteiger partial charge in [0, 0.05) is 17.4 Å². The Labute approximate surface area is 205 Å². The lowest BCUT2D eigenvalue weighted by atomic mass is 10.3. The monoisotopic (exact) mass is 501 g/mol. The Morgan fingerprint density at radius 2 is 1.32 bits per heavy atom. The summed E-state index contributed by atoms with van der Waals surface area (Å²) in [5.41, 5.74) is 1.42. The van der Waals surface area contributed by atoms with E-state index in [0.717, 1.165) is 11.4 Å². The molecule has 180 valence electrons. The van der Waals surface area contributed by atoms with Crippen LogP contribution in [-0.4, -0.2) is 33.9 Å². The zero-order valence-corrected chi connectivity index (χ0v) is 20.8. The normalized spacial score (nSPS) is 10.8. The van der Waals surface area contributed by atoms with Gasteiger partial charge >= 0.3 is 0 Å².